The van der Waals surface area contributed by atoms with E-state index >= 15 is 0 Å². The number of hydrogen-bond donors (Lipinski definition) is 1. The van der Waals surface area contributed by atoms with Crippen molar-refractivity contribution in [3.63, 3.8) is 0 Å². The highest BCUT2D eigenvalue weighted by Crippen LogP contribution is 2.43. The van der Waals surface area contributed by atoms with Crippen LogP contribution in [-0.4, -0.2) is 32.9 Å². The number of aromatic nitrogens is 2. The predicted octanol–water partition coefficient (Wildman–Crippen LogP) is 4.28. The molecule has 0 fully saturated rings. The number of nitrogens with two attached hydrogens (primary N) is 1. The molecule has 2 N–H and O–H groups in total. The lowest BCUT2D eigenvalue weighted by molar-refractivity contribution is -0.140. The van der Waals surface area contributed by atoms with E-state index in [0.29, 0.717) is 5.69 Å². The molecule has 0 saturated heterocycles. The number of para-hydroxylation sites is 1. The van der Waals surface area contributed by atoms with Gasteiger partial charge in [0.25, 0.3) is 0 Å². The standard InChI is InChI=1S/C23H18F3N3O4S2/c1-34(30,31)18-11-7-15(8-12-18)20-21(16-9-13-19(14-10-16)35(27,32)33)29(17-5-3-2-4-6-17)28-22(20)23(24,25)26/h2-14H,1H3,(H2,27,32,33). The van der Waals surface area contributed by atoms with Gasteiger partial charge in [0.1, 0.15) is 0 Å². The second-order valence-electron chi connectivity index (χ2n) is 7.68. The number of primary sulfonamides is 1. The van der Waals surface area contributed by atoms with E-state index in [0.717, 1.165) is 10.9 Å². The molecule has 0 bridgehead atoms. The lowest BCUT2D eigenvalue weighted by Gasteiger charge is -2.12. The van der Waals surface area contributed by atoms with Crippen LogP contribution < -0.4 is 5.14 Å². The summed E-state index contributed by atoms with van der Waals surface area (Å²) in [5, 5.41) is 9.03. The van der Waals surface area contributed by atoms with E-state index in [1.165, 1.54) is 48.5 Å². The first-order chi connectivity index (χ1) is 16.3. The van der Waals surface area contributed by atoms with Crippen LogP contribution in [0.5, 0.6) is 0 Å². The van der Waals surface area contributed by atoms with Gasteiger partial charge in [0.2, 0.25) is 10.0 Å². The highest BCUT2D eigenvalue weighted by Gasteiger charge is 2.40. The van der Waals surface area contributed by atoms with Crippen LogP contribution in [0.2, 0.25) is 0 Å². The lowest BCUT2D eigenvalue weighted by atomic mass is 9.98. The van der Waals surface area contributed by atoms with Crippen molar-refractivity contribution in [1.82, 2.24) is 9.78 Å². The van der Waals surface area contributed by atoms with Gasteiger partial charge in [-0.2, -0.15) is 18.3 Å². The molecule has 4 rings (SSSR count). The fourth-order valence-electron chi connectivity index (χ4n) is 3.58. The Balaban J connectivity index is 2.06. The van der Waals surface area contributed by atoms with Crippen LogP contribution in [0.15, 0.2) is 88.7 Å². The molecule has 182 valence electrons. The average Bonchev–Trinajstić information content (AvgIpc) is 3.20. The summed E-state index contributed by atoms with van der Waals surface area (Å²) in [6.07, 6.45) is -3.85. The molecular formula is C23H18F3N3O4S2. The fourth-order valence-corrected chi connectivity index (χ4v) is 4.73. The van der Waals surface area contributed by atoms with E-state index in [2.05, 4.69) is 5.10 Å². The normalized spacial score (nSPS) is 12.6. The zero-order valence-corrected chi connectivity index (χ0v) is 19.7. The number of sulfone groups is 1. The molecule has 0 aliphatic heterocycles. The Bertz CT molecular complexity index is 1600. The van der Waals surface area contributed by atoms with Crippen LogP contribution in [0.25, 0.3) is 28.1 Å². The number of halogens is 3. The minimum absolute atomic E-state index is 0.0385. The summed E-state index contributed by atoms with van der Waals surface area (Å²) < 4.78 is 90.7. The van der Waals surface area contributed by atoms with Crippen LogP contribution in [0.1, 0.15) is 5.69 Å². The molecule has 1 aromatic heterocycles. The molecule has 0 saturated carbocycles. The second-order valence-corrected chi connectivity index (χ2v) is 11.3. The van der Waals surface area contributed by atoms with Crippen molar-refractivity contribution in [2.45, 2.75) is 16.0 Å². The topological polar surface area (TPSA) is 112 Å². The maximum Gasteiger partial charge on any atom is 0.435 e. The lowest BCUT2D eigenvalue weighted by Crippen LogP contribution is -2.11. The van der Waals surface area contributed by atoms with Crippen molar-refractivity contribution < 1.29 is 30.0 Å². The summed E-state index contributed by atoms with van der Waals surface area (Å²) in [4.78, 5) is -0.258. The van der Waals surface area contributed by atoms with E-state index in [4.69, 9.17) is 5.14 Å². The summed E-state index contributed by atoms with van der Waals surface area (Å²) in [6.45, 7) is 0. The molecule has 0 radical (unpaired) electrons. The fraction of sp³-hybridized carbons (Fsp3) is 0.0870. The first-order valence-electron chi connectivity index (χ1n) is 9.96. The molecule has 0 aliphatic rings. The highest BCUT2D eigenvalue weighted by atomic mass is 32.2. The Morgan fingerprint density at radius 1 is 0.771 bits per heavy atom. The number of sulfonamides is 1. The smallest absolute Gasteiger partial charge is 0.232 e. The summed E-state index contributed by atoms with van der Waals surface area (Å²) in [7, 11) is -7.59. The van der Waals surface area contributed by atoms with Crippen molar-refractivity contribution in [1.29, 1.82) is 0 Å². The molecule has 0 unspecified atom stereocenters. The van der Waals surface area contributed by atoms with Crippen LogP contribution in [0.4, 0.5) is 13.2 Å². The maximum atomic E-state index is 14.2. The van der Waals surface area contributed by atoms with E-state index in [9.17, 15) is 30.0 Å². The van der Waals surface area contributed by atoms with Crippen LogP contribution in [0, 0.1) is 0 Å². The quantitative estimate of drug-likeness (QED) is 0.421. The van der Waals surface area contributed by atoms with Gasteiger partial charge in [0.05, 0.1) is 21.2 Å². The third-order valence-electron chi connectivity index (χ3n) is 5.18. The predicted molar refractivity (Wildman–Crippen MR) is 124 cm³/mol. The first kappa shape index (κ1) is 24.6. The first-order valence-corrected chi connectivity index (χ1v) is 13.4. The molecule has 7 nitrogen and oxygen atoms in total. The summed E-state index contributed by atoms with van der Waals surface area (Å²) in [5.74, 6) is 0. The molecule has 3 aromatic carbocycles. The van der Waals surface area contributed by atoms with Crippen LogP contribution in [0.3, 0.4) is 0 Å². The zero-order chi connectivity index (χ0) is 25.6. The molecule has 0 aliphatic carbocycles. The minimum atomic E-state index is -4.85. The van der Waals surface area contributed by atoms with E-state index in [1.807, 2.05) is 0 Å². The Kier molecular flexibility index (Phi) is 6.07. The van der Waals surface area contributed by atoms with Crippen LogP contribution >= 0.6 is 0 Å². The van der Waals surface area contributed by atoms with E-state index in [-0.39, 0.29) is 32.2 Å². The summed E-state index contributed by atoms with van der Waals surface area (Å²) >= 11 is 0. The summed E-state index contributed by atoms with van der Waals surface area (Å²) in [5.41, 5.74) is -0.772. The molecule has 1 heterocycles. The Morgan fingerprint density at radius 2 is 1.29 bits per heavy atom. The van der Waals surface area contributed by atoms with Gasteiger partial charge in [-0.05, 0) is 42.0 Å². The molecular weight excluding hydrogens is 503 g/mol. The SMILES string of the molecule is CS(=O)(=O)c1ccc(-c2c(C(F)(F)F)nn(-c3ccccc3)c2-c2ccc(S(N)(=O)=O)cc2)cc1. The van der Waals surface area contributed by atoms with Gasteiger partial charge in [-0.3, -0.25) is 0 Å². The average molecular weight is 522 g/mol. The number of nitrogens with zero attached hydrogens (tertiary/aromatic N) is 2. The Hall–Kier alpha value is -3.48. The maximum absolute atomic E-state index is 14.2. The molecule has 0 amide bonds. The summed E-state index contributed by atoms with van der Waals surface area (Å²) in [6, 6.07) is 18.2. The largest absolute Gasteiger partial charge is 0.435 e. The van der Waals surface area contributed by atoms with Gasteiger partial charge in [0.15, 0.2) is 15.5 Å². The van der Waals surface area contributed by atoms with Gasteiger partial charge in [-0.15, -0.1) is 0 Å². The van der Waals surface area contributed by atoms with Gasteiger partial charge in [-0.1, -0.05) is 42.5 Å². The highest BCUT2D eigenvalue weighted by molar-refractivity contribution is 7.90. The number of alkyl halides is 3. The van der Waals surface area contributed by atoms with Gasteiger partial charge in [0, 0.05) is 17.4 Å². The molecule has 0 spiro atoms. The van der Waals surface area contributed by atoms with Crippen molar-refractivity contribution >= 4 is 19.9 Å². The Labute approximate surface area is 199 Å². The van der Waals surface area contributed by atoms with Crippen molar-refractivity contribution in [3.05, 3.63) is 84.6 Å². The van der Waals surface area contributed by atoms with Gasteiger partial charge in [-0.25, -0.2) is 26.7 Å². The molecule has 0 atom stereocenters. The Morgan fingerprint density at radius 3 is 1.77 bits per heavy atom. The van der Waals surface area contributed by atoms with Gasteiger partial charge < -0.3 is 0 Å². The minimum Gasteiger partial charge on any atom is -0.232 e. The zero-order valence-electron chi connectivity index (χ0n) is 18.1. The number of hydrogen-bond acceptors (Lipinski definition) is 5. The molecule has 4 aromatic rings. The van der Waals surface area contributed by atoms with E-state index in [1.54, 1.807) is 30.3 Å². The monoisotopic (exact) mass is 521 g/mol. The number of rotatable bonds is 5. The van der Waals surface area contributed by atoms with E-state index < -0.39 is 31.7 Å². The van der Waals surface area contributed by atoms with Crippen LogP contribution in [-0.2, 0) is 26.0 Å². The second kappa shape index (κ2) is 8.63. The van der Waals surface area contributed by atoms with Crippen molar-refractivity contribution in [3.8, 4) is 28.1 Å². The third-order valence-corrected chi connectivity index (χ3v) is 7.24. The molecule has 35 heavy (non-hydrogen) atoms. The van der Waals surface area contributed by atoms with Crippen molar-refractivity contribution in [2.24, 2.45) is 5.14 Å². The van der Waals surface area contributed by atoms with Crippen molar-refractivity contribution in [2.75, 3.05) is 6.26 Å². The van der Waals surface area contributed by atoms with Gasteiger partial charge >= 0.3 is 6.18 Å². The third kappa shape index (κ3) is 4.99. The number of benzene rings is 3. The molecule has 12 heteroatoms.